The molecule has 0 bridgehead atoms. The largest absolute Gasteiger partial charge is 0.439 e. The number of halogens is 2. The van der Waals surface area contributed by atoms with Gasteiger partial charge in [-0.05, 0) is 36.4 Å². The van der Waals surface area contributed by atoms with E-state index in [1.165, 1.54) is 0 Å². The van der Waals surface area contributed by atoms with Gasteiger partial charge < -0.3 is 20.3 Å². The Balaban J connectivity index is 1.82. The summed E-state index contributed by atoms with van der Waals surface area (Å²) in [6, 6.07) is 16.3. The van der Waals surface area contributed by atoms with E-state index in [-0.39, 0.29) is 13.2 Å². The molecule has 0 saturated carbocycles. The monoisotopic (exact) mass is 432 g/mol. The average Bonchev–Trinajstić information content (AvgIpc) is 2.71. The summed E-state index contributed by atoms with van der Waals surface area (Å²) in [7, 11) is 0. The van der Waals surface area contributed by atoms with Gasteiger partial charge in [0.2, 0.25) is 5.88 Å². The summed E-state index contributed by atoms with van der Waals surface area (Å²) in [5.41, 5.74) is 1.69. The van der Waals surface area contributed by atoms with Crippen LogP contribution < -0.4 is 10.1 Å². The molecule has 0 aliphatic carbocycles. The van der Waals surface area contributed by atoms with Crippen molar-refractivity contribution in [2.45, 2.75) is 6.04 Å². The number of aromatic nitrogens is 1. The van der Waals surface area contributed by atoms with Gasteiger partial charge in [0, 0.05) is 27.2 Å². The molecule has 0 saturated heterocycles. The highest BCUT2D eigenvalue weighted by Crippen LogP contribution is 2.29. The molecule has 0 radical (unpaired) electrons. The van der Waals surface area contributed by atoms with Crippen molar-refractivity contribution in [1.82, 2.24) is 10.3 Å². The SMILES string of the molecule is O=C(NC(CO)CO)c1cccc(-c2cccc(Oc3cc(Cl)cc(Cl)c3)n2)c1. The van der Waals surface area contributed by atoms with Crippen LogP contribution in [0.25, 0.3) is 11.3 Å². The highest BCUT2D eigenvalue weighted by atomic mass is 35.5. The Bertz CT molecular complexity index is 989. The molecule has 3 aromatic rings. The third kappa shape index (κ3) is 5.68. The molecule has 0 atom stereocenters. The van der Waals surface area contributed by atoms with E-state index in [1.807, 2.05) is 6.07 Å². The van der Waals surface area contributed by atoms with E-state index < -0.39 is 11.9 Å². The van der Waals surface area contributed by atoms with Crippen LogP contribution in [0.1, 0.15) is 10.4 Å². The van der Waals surface area contributed by atoms with Gasteiger partial charge in [0.1, 0.15) is 5.75 Å². The van der Waals surface area contributed by atoms with E-state index in [4.69, 9.17) is 38.2 Å². The van der Waals surface area contributed by atoms with Crippen LogP contribution >= 0.6 is 23.2 Å². The van der Waals surface area contributed by atoms with Crippen molar-refractivity contribution >= 4 is 29.1 Å². The maximum Gasteiger partial charge on any atom is 0.251 e. The van der Waals surface area contributed by atoms with Gasteiger partial charge in [-0.15, -0.1) is 0 Å². The lowest BCUT2D eigenvalue weighted by Crippen LogP contribution is -2.40. The molecule has 3 rings (SSSR count). The standard InChI is InChI=1S/C21H18Cl2N2O4/c22-15-8-16(23)10-18(9-15)29-20-6-2-5-19(25-20)13-3-1-4-14(7-13)21(28)24-17(11-26)12-27/h1-10,17,26-27H,11-12H2,(H,24,28). The van der Waals surface area contributed by atoms with Crippen molar-refractivity contribution in [3.8, 4) is 22.9 Å². The molecule has 1 heterocycles. The van der Waals surface area contributed by atoms with Crippen molar-refractivity contribution in [1.29, 1.82) is 0 Å². The summed E-state index contributed by atoms with van der Waals surface area (Å²) < 4.78 is 5.75. The number of aliphatic hydroxyl groups excluding tert-OH is 2. The van der Waals surface area contributed by atoms with Crippen LogP contribution in [0.5, 0.6) is 11.6 Å². The first-order chi connectivity index (χ1) is 14.0. The molecule has 2 aromatic carbocycles. The number of nitrogens with zero attached hydrogens (tertiary/aromatic N) is 1. The second-order valence-electron chi connectivity index (χ2n) is 6.18. The minimum Gasteiger partial charge on any atom is -0.439 e. The molecule has 0 aliphatic heterocycles. The molecule has 1 amide bonds. The summed E-state index contributed by atoms with van der Waals surface area (Å²) in [4.78, 5) is 16.8. The maximum atomic E-state index is 12.3. The number of aliphatic hydroxyl groups is 2. The number of hydrogen-bond donors (Lipinski definition) is 3. The molecule has 3 N–H and O–H groups in total. The Kier molecular flexibility index (Phi) is 7.06. The van der Waals surface area contributed by atoms with Crippen molar-refractivity contribution in [2.75, 3.05) is 13.2 Å². The number of ether oxygens (including phenoxy) is 1. The highest BCUT2D eigenvalue weighted by Gasteiger charge is 2.13. The smallest absolute Gasteiger partial charge is 0.251 e. The Morgan fingerprint density at radius 1 is 1.00 bits per heavy atom. The van der Waals surface area contributed by atoms with Gasteiger partial charge >= 0.3 is 0 Å². The van der Waals surface area contributed by atoms with Gasteiger partial charge in [-0.2, -0.15) is 0 Å². The predicted molar refractivity (Wildman–Crippen MR) is 112 cm³/mol. The molecule has 0 fully saturated rings. The first kappa shape index (κ1) is 21.1. The highest BCUT2D eigenvalue weighted by molar-refractivity contribution is 6.34. The van der Waals surface area contributed by atoms with Gasteiger partial charge in [0.05, 0.1) is 24.9 Å². The quantitative estimate of drug-likeness (QED) is 0.525. The van der Waals surface area contributed by atoms with Gasteiger partial charge in [0.15, 0.2) is 0 Å². The zero-order valence-corrected chi connectivity index (χ0v) is 16.7. The average molecular weight is 433 g/mol. The molecule has 0 spiro atoms. The molecule has 0 aliphatic rings. The Hall–Kier alpha value is -2.64. The van der Waals surface area contributed by atoms with E-state index in [1.54, 1.807) is 54.6 Å². The number of carbonyl (C=O) groups is 1. The number of carbonyl (C=O) groups excluding carboxylic acids is 1. The lowest BCUT2D eigenvalue weighted by molar-refractivity contribution is 0.0879. The van der Waals surface area contributed by atoms with E-state index in [9.17, 15) is 4.79 Å². The fourth-order valence-electron chi connectivity index (χ4n) is 2.58. The lowest BCUT2D eigenvalue weighted by atomic mass is 10.1. The third-order valence-electron chi connectivity index (χ3n) is 3.98. The second kappa shape index (κ2) is 9.71. The van der Waals surface area contributed by atoms with Crippen LogP contribution in [0.15, 0.2) is 60.7 Å². The van der Waals surface area contributed by atoms with Crippen LogP contribution in [0.2, 0.25) is 10.0 Å². The van der Waals surface area contributed by atoms with E-state index >= 15 is 0 Å². The molecular formula is C21H18Cl2N2O4. The van der Waals surface area contributed by atoms with Crippen LogP contribution in [0.3, 0.4) is 0 Å². The number of benzene rings is 2. The van der Waals surface area contributed by atoms with Gasteiger partial charge in [0.25, 0.3) is 5.91 Å². The fourth-order valence-corrected chi connectivity index (χ4v) is 3.08. The van der Waals surface area contributed by atoms with Gasteiger partial charge in [-0.25, -0.2) is 4.98 Å². The Labute approximate surface area is 177 Å². The summed E-state index contributed by atoms with van der Waals surface area (Å²) in [5.74, 6) is 0.400. The minimum atomic E-state index is -0.717. The Morgan fingerprint density at radius 3 is 2.38 bits per heavy atom. The van der Waals surface area contributed by atoms with Crippen LogP contribution in [0, 0.1) is 0 Å². The summed E-state index contributed by atoms with van der Waals surface area (Å²) >= 11 is 12.0. The topological polar surface area (TPSA) is 91.7 Å². The fraction of sp³-hybridized carbons (Fsp3) is 0.143. The van der Waals surface area contributed by atoms with Crippen molar-refractivity contribution in [3.63, 3.8) is 0 Å². The van der Waals surface area contributed by atoms with Crippen molar-refractivity contribution in [3.05, 3.63) is 76.3 Å². The van der Waals surface area contributed by atoms with Gasteiger partial charge in [-0.3, -0.25) is 4.79 Å². The molecule has 8 heteroatoms. The first-order valence-corrected chi connectivity index (χ1v) is 9.48. The number of rotatable bonds is 7. The van der Waals surface area contributed by atoms with Crippen LogP contribution in [-0.2, 0) is 0 Å². The number of pyridine rings is 1. The third-order valence-corrected chi connectivity index (χ3v) is 4.41. The molecule has 1 aromatic heterocycles. The van der Waals surface area contributed by atoms with E-state index in [0.717, 1.165) is 0 Å². The Morgan fingerprint density at radius 2 is 1.69 bits per heavy atom. The van der Waals surface area contributed by atoms with Crippen molar-refractivity contribution < 1.29 is 19.7 Å². The number of nitrogens with one attached hydrogen (secondary N) is 1. The zero-order chi connectivity index (χ0) is 20.8. The minimum absolute atomic E-state index is 0.344. The predicted octanol–water partition coefficient (Wildman–Crippen LogP) is 3.93. The van der Waals surface area contributed by atoms with Crippen LogP contribution in [-0.4, -0.2) is 40.4 Å². The first-order valence-electron chi connectivity index (χ1n) is 8.72. The molecule has 0 unspecified atom stereocenters. The zero-order valence-electron chi connectivity index (χ0n) is 15.2. The summed E-state index contributed by atoms with van der Waals surface area (Å²) in [6.07, 6.45) is 0. The van der Waals surface area contributed by atoms with E-state index in [2.05, 4.69) is 10.3 Å². The maximum absolute atomic E-state index is 12.3. The molecule has 150 valence electrons. The molecular weight excluding hydrogens is 415 g/mol. The number of hydrogen-bond acceptors (Lipinski definition) is 5. The van der Waals surface area contributed by atoms with Crippen molar-refractivity contribution in [2.24, 2.45) is 0 Å². The van der Waals surface area contributed by atoms with E-state index in [0.29, 0.717) is 38.5 Å². The summed E-state index contributed by atoms with van der Waals surface area (Å²) in [6.45, 7) is -0.702. The number of amides is 1. The summed E-state index contributed by atoms with van der Waals surface area (Å²) in [5, 5.41) is 21.7. The van der Waals surface area contributed by atoms with Crippen LogP contribution in [0.4, 0.5) is 0 Å². The normalized spacial score (nSPS) is 10.8. The lowest BCUT2D eigenvalue weighted by Gasteiger charge is -2.13. The molecule has 29 heavy (non-hydrogen) atoms. The molecule has 6 nitrogen and oxygen atoms in total. The second-order valence-corrected chi connectivity index (χ2v) is 7.06. The van der Waals surface area contributed by atoms with Gasteiger partial charge in [-0.1, -0.05) is 41.4 Å².